The van der Waals surface area contributed by atoms with E-state index in [2.05, 4.69) is 5.32 Å². The second kappa shape index (κ2) is 9.23. The molecule has 1 N–H and O–H groups in total. The van der Waals surface area contributed by atoms with Gasteiger partial charge in [-0.1, -0.05) is 24.6 Å². The molecule has 0 aliphatic rings. The second-order valence-electron chi connectivity index (χ2n) is 6.73. The van der Waals surface area contributed by atoms with Crippen molar-refractivity contribution in [3.63, 3.8) is 0 Å². The molecule has 1 amide bonds. The summed E-state index contributed by atoms with van der Waals surface area (Å²) in [6.45, 7) is 1.70. The molecule has 0 aliphatic heterocycles. The van der Waals surface area contributed by atoms with Gasteiger partial charge in [0.15, 0.2) is 0 Å². The highest BCUT2D eigenvalue weighted by Gasteiger charge is 2.31. The van der Waals surface area contributed by atoms with Crippen LogP contribution in [0.25, 0.3) is 0 Å². The Kier molecular flexibility index (Phi) is 7.38. The maximum absolute atomic E-state index is 13.0. The van der Waals surface area contributed by atoms with Crippen LogP contribution in [-0.2, 0) is 24.8 Å². The molecule has 1 atom stereocenters. The predicted molar refractivity (Wildman–Crippen MR) is 121 cm³/mol. The first kappa shape index (κ1) is 24.0. The van der Waals surface area contributed by atoms with E-state index in [1.807, 2.05) is 0 Å². The van der Waals surface area contributed by atoms with Crippen molar-refractivity contribution in [2.24, 2.45) is 0 Å². The fourth-order valence-electron chi connectivity index (χ4n) is 2.84. The summed E-state index contributed by atoms with van der Waals surface area (Å²) in [5.41, 5.74) is 1.02. The zero-order valence-corrected chi connectivity index (χ0v) is 19.4. The van der Waals surface area contributed by atoms with E-state index in [1.54, 1.807) is 37.3 Å². The Bertz CT molecular complexity index is 1120. The number of hydrogen-bond acceptors (Lipinski definition) is 5. The van der Waals surface area contributed by atoms with E-state index in [4.69, 9.17) is 11.6 Å². The molecule has 0 aromatic heterocycles. The predicted octanol–water partition coefficient (Wildman–Crippen LogP) is 2.92. The Labute approximate surface area is 182 Å². The molecule has 2 aromatic carbocycles. The van der Waals surface area contributed by atoms with Crippen LogP contribution in [0.15, 0.2) is 48.5 Å². The van der Waals surface area contributed by atoms with Crippen molar-refractivity contribution in [2.75, 3.05) is 33.5 Å². The molecule has 8 nitrogen and oxygen atoms in total. The zero-order valence-electron chi connectivity index (χ0n) is 17.0. The molecule has 0 fully saturated rings. The summed E-state index contributed by atoms with van der Waals surface area (Å²) in [5, 5.41) is 3.12. The van der Waals surface area contributed by atoms with E-state index >= 15 is 0 Å². The summed E-state index contributed by atoms with van der Waals surface area (Å²) >= 11 is 5.89. The number of hydrogen-bond donors (Lipinski definition) is 1. The topological polar surface area (TPSA) is 104 Å². The Hall–Kier alpha value is -2.30. The lowest BCUT2D eigenvalue weighted by Crippen LogP contribution is -2.47. The van der Waals surface area contributed by atoms with E-state index in [9.17, 15) is 21.6 Å². The molecule has 0 spiro atoms. The fourth-order valence-corrected chi connectivity index (χ4v) is 4.68. The molecule has 0 unspecified atom stereocenters. The van der Waals surface area contributed by atoms with Crippen LogP contribution in [-0.4, -0.2) is 48.3 Å². The Morgan fingerprint density at radius 2 is 1.60 bits per heavy atom. The smallest absolute Gasteiger partial charge is 0.248 e. The number of anilines is 3. The average Bonchev–Trinajstić information content (AvgIpc) is 2.64. The first-order valence-corrected chi connectivity index (χ1v) is 13.0. The molecule has 0 saturated carbocycles. The van der Waals surface area contributed by atoms with Crippen LogP contribution < -0.4 is 13.9 Å². The summed E-state index contributed by atoms with van der Waals surface area (Å²) in [4.78, 5) is 13.0. The van der Waals surface area contributed by atoms with Gasteiger partial charge in [-0.2, -0.15) is 0 Å². The minimum Gasteiger partial charge on any atom is -0.324 e. The van der Waals surface area contributed by atoms with Crippen molar-refractivity contribution >= 4 is 54.6 Å². The van der Waals surface area contributed by atoms with Gasteiger partial charge in [-0.25, -0.2) is 16.8 Å². The normalized spacial score (nSPS) is 12.8. The number of sulfonamides is 2. The maximum atomic E-state index is 13.0. The Morgan fingerprint density at radius 3 is 2.10 bits per heavy atom. The van der Waals surface area contributed by atoms with Gasteiger partial charge >= 0.3 is 0 Å². The minimum absolute atomic E-state index is 0.213. The van der Waals surface area contributed by atoms with Crippen LogP contribution in [0.3, 0.4) is 0 Å². The Morgan fingerprint density at radius 1 is 1.00 bits per heavy atom. The van der Waals surface area contributed by atoms with Gasteiger partial charge in [-0.3, -0.25) is 13.4 Å². The van der Waals surface area contributed by atoms with Crippen LogP contribution in [0.2, 0.25) is 5.02 Å². The standard InChI is InChI=1S/C19H24ClN3O5S2/c1-5-18(23(30(4,27)28)16-11-9-14(20)10-12-16)19(24)21-15-7-6-8-17(13-15)22(2)29(3,25)26/h6-13,18H,5H2,1-4H3,(H,21,24)/t18-/m0/s1. The number of nitrogens with one attached hydrogen (secondary N) is 1. The fraction of sp³-hybridized carbons (Fsp3) is 0.316. The number of carbonyl (C=O) groups is 1. The summed E-state index contributed by atoms with van der Waals surface area (Å²) in [6.07, 6.45) is 2.31. The van der Waals surface area contributed by atoms with Gasteiger partial charge in [0.05, 0.1) is 23.9 Å². The van der Waals surface area contributed by atoms with Crippen molar-refractivity contribution in [1.82, 2.24) is 0 Å². The lowest BCUT2D eigenvalue weighted by atomic mass is 10.1. The van der Waals surface area contributed by atoms with Gasteiger partial charge in [0.2, 0.25) is 26.0 Å². The molecule has 11 heteroatoms. The van der Waals surface area contributed by atoms with E-state index in [0.29, 0.717) is 22.1 Å². The summed E-state index contributed by atoms with van der Waals surface area (Å²) in [7, 11) is -5.85. The molecule has 2 rings (SSSR count). The zero-order chi connectivity index (χ0) is 22.7. The van der Waals surface area contributed by atoms with Crippen molar-refractivity contribution < 1.29 is 21.6 Å². The Balaban J connectivity index is 2.36. The summed E-state index contributed by atoms with van der Waals surface area (Å²) < 4.78 is 50.6. The number of amides is 1. The van der Waals surface area contributed by atoms with Crippen LogP contribution in [0.1, 0.15) is 13.3 Å². The van der Waals surface area contributed by atoms with E-state index in [-0.39, 0.29) is 6.42 Å². The number of benzene rings is 2. The van der Waals surface area contributed by atoms with Gasteiger partial charge in [-0.05, 0) is 48.9 Å². The quantitative estimate of drug-likeness (QED) is 0.634. The van der Waals surface area contributed by atoms with Gasteiger partial charge in [0.1, 0.15) is 6.04 Å². The third-order valence-corrected chi connectivity index (χ3v) is 7.02. The van der Waals surface area contributed by atoms with E-state index in [1.165, 1.54) is 25.2 Å². The first-order valence-electron chi connectivity index (χ1n) is 8.94. The SMILES string of the molecule is CC[C@@H](C(=O)Nc1cccc(N(C)S(C)(=O)=O)c1)N(c1ccc(Cl)cc1)S(C)(=O)=O. The van der Waals surface area contributed by atoms with Gasteiger partial charge in [0, 0.05) is 17.8 Å². The van der Waals surface area contributed by atoms with E-state index in [0.717, 1.165) is 21.1 Å². The number of carbonyl (C=O) groups excluding carboxylic acids is 1. The molecular weight excluding hydrogens is 450 g/mol. The highest BCUT2D eigenvalue weighted by atomic mass is 35.5. The highest BCUT2D eigenvalue weighted by molar-refractivity contribution is 7.92. The molecular formula is C19H24ClN3O5S2. The minimum atomic E-state index is -3.78. The molecule has 0 saturated heterocycles. The third-order valence-electron chi connectivity index (χ3n) is 4.39. The monoisotopic (exact) mass is 473 g/mol. The molecule has 0 heterocycles. The third kappa shape index (κ3) is 5.87. The molecule has 30 heavy (non-hydrogen) atoms. The van der Waals surface area contributed by atoms with Crippen LogP contribution in [0.5, 0.6) is 0 Å². The lowest BCUT2D eigenvalue weighted by molar-refractivity contribution is -0.117. The maximum Gasteiger partial charge on any atom is 0.248 e. The van der Waals surface area contributed by atoms with Crippen LogP contribution in [0.4, 0.5) is 17.1 Å². The van der Waals surface area contributed by atoms with Crippen molar-refractivity contribution in [3.8, 4) is 0 Å². The lowest BCUT2D eigenvalue weighted by Gasteiger charge is -2.30. The molecule has 164 valence electrons. The molecule has 0 bridgehead atoms. The molecule has 0 radical (unpaired) electrons. The van der Waals surface area contributed by atoms with Gasteiger partial charge in [0.25, 0.3) is 0 Å². The average molecular weight is 474 g/mol. The summed E-state index contributed by atoms with van der Waals surface area (Å²) in [6, 6.07) is 11.4. The van der Waals surface area contributed by atoms with Crippen molar-refractivity contribution in [1.29, 1.82) is 0 Å². The molecule has 0 aliphatic carbocycles. The largest absolute Gasteiger partial charge is 0.324 e. The van der Waals surface area contributed by atoms with Gasteiger partial charge < -0.3 is 5.32 Å². The summed E-state index contributed by atoms with van der Waals surface area (Å²) in [5.74, 6) is -0.544. The van der Waals surface area contributed by atoms with Crippen LogP contribution in [0, 0.1) is 0 Å². The van der Waals surface area contributed by atoms with E-state index < -0.39 is 32.0 Å². The molecule has 2 aromatic rings. The van der Waals surface area contributed by atoms with Gasteiger partial charge in [-0.15, -0.1) is 0 Å². The van der Waals surface area contributed by atoms with Crippen molar-refractivity contribution in [3.05, 3.63) is 53.6 Å². The number of nitrogens with zero attached hydrogens (tertiary/aromatic N) is 2. The first-order chi connectivity index (χ1) is 13.8. The van der Waals surface area contributed by atoms with Crippen LogP contribution >= 0.6 is 11.6 Å². The number of rotatable bonds is 8. The second-order valence-corrected chi connectivity index (χ2v) is 11.0. The number of halogens is 1. The van der Waals surface area contributed by atoms with Crippen molar-refractivity contribution in [2.45, 2.75) is 19.4 Å². The highest BCUT2D eigenvalue weighted by Crippen LogP contribution is 2.26.